The van der Waals surface area contributed by atoms with E-state index in [1.807, 2.05) is 13.0 Å². The van der Waals surface area contributed by atoms with Gasteiger partial charge in [-0.3, -0.25) is 4.79 Å². The van der Waals surface area contributed by atoms with Gasteiger partial charge in [0.25, 0.3) is 5.56 Å². The lowest BCUT2D eigenvalue weighted by atomic mass is 10.1. The molecule has 4 rings (SSSR count). The van der Waals surface area contributed by atoms with Crippen LogP contribution < -0.4 is 15.6 Å². The molecule has 2 N–H and O–H groups in total. The number of rotatable bonds is 5. The Morgan fingerprint density at radius 1 is 1.28 bits per heavy atom. The summed E-state index contributed by atoms with van der Waals surface area (Å²) in [5, 5.41) is 15.0. The molecular formula is C19H16ClFN6O2. The summed E-state index contributed by atoms with van der Waals surface area (Å²) in [6, 6.07) is 9.48. The van der Waals surface area contributed by atoms with Gasteiger partial charge in [-0.05, 0) is 47.7 Å². The van der Waals surface area contributed by atoms with Gasteiger partial charge < -0.3 is 15.0 Å². The Bertz CT molecular complexity index is 1240. The van der Waals surface area contributed by atoms with Crippen molar-refractivity contribution in [3.8, 4) is 11.4 Å². The fourth-order valence-corrected chi connectivity index (χ4v) is 3.27. The third kappa shape index (κ3) is 3.64. The summed E-state index contributed by atoms with van der Waals surface area (Å²) in [5.74, 6) is -0.0207. The molecule has 2 aromatic heterocycles. The number of H-pyrrole nitrogens is 1. The average Bonchev–Trinajstić information content (AvgIpc) is 3.23. The molecule has 0 aliphatic carbocycles. The molecule has 0 saturated heterocycles. The smallest absolute Gasteiger partial charge is 0.253 e. The summed E-state index contributed by atoms with van der Waals surface area (Å²) in [7, 11) is 1.55. The van der Waals surface area contributed by atoms with Gasteiger partial charge in [0.1, 0.15) is 23.6 Å². The number of nitrogens with one attached hydrogen (secondary N) is 2. The molecule has 0 saturated carbocycles. The van der Waals surface area contributed by atoms with Crippen LogP contribution in [0.4, 0.5) is 10.1 Å². The van der Waals surface area contributed by atoms with Gasteiger partial charge in [-0.2, -0.15) is 4.68 Å². The molecule has 10 heteroatoms. The molecule has 0 fully saturated rings. The van der Waals surface area contributed by atoms with Gasteiger partial charge in [-0.15, -0.1) is 5.10 Å². The molecule has 0 radical (unpaired) electrons. The second-order valence-electron chi connectivity index (χ2n) is 6.41. The number of aromatic nitrogens is 5. The first kappa shape index (κ1) is 18.9. The van der Waals surface area contributed by atoms with E-state index in [4.69, 9.17) is 16.3 Å². The molecule has 0 aliphatic rings. The summed E-state index contributed by atoms with van der Waals surface area (Å²) in [6.45, 7) is 1.85. The molecule has 29 heavy (non-hydrogen) atoms. The summed E-state index contributed by atoms with van der Waals surface area (Å²) in [5.41, 5.74) is 1.99. The number of tetrazole rings is 1. The molecule has 0 bridgehead atoms. The highest BCUT2D eigenvalue weighted by Crippen LogP contribution is 2.28. The molecular weight excluding hydrogens is 399 g/mol. The number of anilines is 1. The number of aromatic amines is 1. The lowest BCUT2D eigenvalue weighted by molar-refractivity contribution is 0.411. The van der Waals surface area contributed by atoms with E-state index in [1.165, 1.54) is 23.1 Å². The van der Waals surface area contributed by atoms with Crippen molar-refractivity contribution in [1.82, 2.24) is 25.2 Å². The van der Waals surface area contributed by atoms with Crippen LogP contribution in [0.3, 0.4) is 0 Å². The first-order chi connectivity index (χ1) is 14.0. The highest BCUT2D eigenvalue weighted by atomic mass is 35.5. The molecule has 148 valence electrons. The van der Waals surface area contributed by atoms with Crippen molar-refractivity contribution in [2.75, 3.05) is 12.4 Å². The SMILES string of the molecule is COc1cc(N[C@@H](C)c2cc3cc(Cl)c(F)cc3[nH]c2=O)ccc1-n1cnnn1. The minimum absolute atomic E-state index is 0.000891. The van der Waals surface area contributed by atoms with Crippen molar-refractivity contribution in [2.45, 2.75) is 13.0 Å². The van der Waals surface area contributed by atoms with Crippen LogP contribution in [0.15, 0.2) is 47.5 Å². The Morgan fingerprint density at radius 3 is 2.83 bits per heavy atom. The normalized spacial score (nSPS) is 12.1. The number of fused-ring (bicyclic) bond motifs is 1. The van der Waals surface area contributed by atoms with Crippen LogP contribution in [-0.4, -0.2) is 32.3 Å². The molecule has 0 aliphatic heterocycles. The minimum Gasteiger partial charge on any atom is -0.494 e. The third-order valence-corrected chi connectivity index (χ3v) is 4.83. The van der Waals surface area contributed by atoms with Crippen molar-refractivity contribution in [3.63, 3.8) is 0 Å². The van der Waals surface area contributed by atoms with E-state index < -0.39 is 5.82 Å². The van der Waals surface area contributed by atoms with Crippen molar-refractivity contribution >= 4 is 28.2 Å². The third-order valence-electron chi connectivity index (χ3n) is 4.54. The van der Waals surface area contributed by atoms with Crippen LogP contribution in [0, 0.1) is 5.82 Å². The van der Waals surface area contributed by atoms with Crippen LogP contribution in [0.1, 0.15) is 18.5 Å². The molecule has 4 aromatic rings. The van der Waals surface area contributed by atoms with Gasteiger partial charge in [-0.25, -0.2) is 4.39 Å². The first-order valence-corrected chi connectivity index (χ1v) is 9.04. The average molecular weight is 415 g/mol. The highest BCUT2D eigenvalue weighted by Gasteiger charge is 2.14. The zero-order valence-corrected chi connectivity index (χ0v) is 16.2. The second-order valence-corrected chi connectivity index (χ2v) is 6.82. The topological polar surface area (TPSA) is 97.7 Å². The number of hydrogen-bond acceptors (Lipinski definition) is 6. The Labute approximate surface area is 169 Å². The monoisotopic (exact) mass is 414 g/mol. The standard InChI is InChI=1S/C19H16ClFN6O2/c1-10(13-5-11-6-14(20)15(21)8-16(11)24-19(13)28)23-12-3-4-17(18(7-12)29-2)27-9-22-25-26-27/h3-10,23H,1-2H3,(H,24,28)/t10-/m0/s1. The van der Waals surface area contributed by atoms with Gasteiger partial charge >= 0.3 is 0 Å². The van der Waals surface area contributed by atoms with E-state index in [0.717, 1.165) is 5.69 Å². The van der Waals surface area contributed by atoms with Crippen molar-refractivity contribution in [2.24, 2.45) is 0 Å². The van der Waals surface area contributed by atoms with E-state index in [1.54, 1.807) is 25.3 Å². The summed E-state index contributed by atoms with van der Waals surface area (Å²) >= 11 is 5.87. The van der Waals surface area contributed by atoms with E-state index >= 15 is 0 Å². The predicted octanol–water partition coefficient (Wildman–Crippen LogP) is 3.48. The molecule has 2 heterocycles. The maximum atomic E-state index is 13.6. The summed E-state index contributed by atoms with van der Waals surface area (Å²) in [6.07, 6.45) is 1.47. The summed E-state index contributed by atoms with van der Waals surface area (Å²) < 4.78 is 20.6. The van der Waals surface area contributed by atoms with Crippen molar-refractivity contribution < 1.29 is 9.13 Å². The first-order valence-electron chi connectivity index (χ1n) is 8.66. The van der Waals surface area contributed by atoms with Crippen LogP contribution in [0.5, 0.6) is 5.75 Å². The van der Waals surface area contributed by atoms with E-state index in [0.29, 0.717) is 27.9 Å². The summed E-state index contributed by atoms with van der Waals surface area (Å²) in [4.78, 5) is 15.2. The Hall–Kier alpha value is -3.46. The van der Waals surface area contributed by atoms with Gasteiger partial charge in [-0.1, -0.05) is 11.6 Å². The van der Waals surface area contributed by atoms with Crippen LogP contribution >= 0.6 is 11.6 Å². The number of halogens is 2. The minimum atomic E-state index is -0.580. The maximum Gasteiger partial charge on any atom is 0.253 e. The number of methoxy groups -OCH3 is 1. The van der Waals surface area contributed by atoms with E-state index in [9.17, 15) is 9.18 Å². The Morgan fingerprint density at radius 2 is 2.10 bits per heavy atom. The van der Waals surface area contributed by atoms with Gasteiger partial charge in [0, 0.05) is 22.7 Å². The van der Waals surface area contributed by atoms with Gasteiger partial charge in [0.05, 0.1) is 23.7 Å². The number of nitrogens with zero attached hydrogens (tertiary/aromatic N) is 4. The molecule has 0 unspecified atom stereocenters. The van der Waals surface area contributed by atoms with Crippen LogP contribution in [0.2, 0.25) is 5.02 Å². The highest BCUT2D eigenvalue weighted by molar-refractivity contribution is 6.31. The molecule has 1 atom stereocenters. The quantitative estimate of drug-likeness (QED) is 0.519. The maximum absolute atomic E-state index is 13.6. The predicted molar refractivity (Wildman–Crippen MR) is 107 cm³/mol. The Balaban J connectivity index is 1.65. The Kier molecular flexibility index (Phi) is 4.89. The zero-order valence-electron chi connectivity index (χ0n) is 15.5. The molecule has 0 amide bonds. The molecule has 2 aromatic carbocycles. The number of hydrogen-bond donors (Lipinski definition) is 2. The molecule has 0 spiro atoms. The van der Waals surface area contributed by atoms with Crippen molar-refractivity contribution in [1.29, 1.82) is 0 Å². The van der Waals surface area contributed by atoms with E-state index in [-0.39, 0.29) is 16.6 Å². The fourth-order valence-electron chi connectivity index (χ4n) is 3.10. The number of pyridine rings is 1. The lowest BCUT2D eigenvalue weighted by Gasteiger charge is -2.17. The van der Waals surface area contributed by atoms with Crippen LogP contribution in [0.25, 0.3) is 16.6 Å². The second kappa shape index (κ2) is 7.51. The zero-order chi connectivity index (χ0) is 20.5. The van der Waals surface area contributed by atoms with Crippen molar-refractivity contribution in [3.05, 3.63) is 69.5 Å². The number of benzene rings is 2. The van der Waals surface area contributed by atoms with Crippen LogP contribution in [-0.2, 0) is 0 Å². The van der Waals surface area contributed by atoms with Gasteiger partial charge in [0.15, 0.2) is 0 Å². The molecule has 8 nitrogen and oxygen atoms in total. The lowest BCUT2D eigenvalue weighted by Crippen LogP contribution is -2.19. The largest absolute Gasteiger partial charge is 0.494 e. The van der Waals surface area contributed by atoms with E-state index in [2.05, 4.69) is 25.8 Å². The van der Waals surface area contributed by atoms with Gasteiger partial charge in [0.2, 0.25) is 0 Å². The number of ether oxygens (including phenoxy) is 1. The fraction of sp³-hybridized carbons (Fsp3) is 0.158.